The van der Waals surface area contributed by atoms with Gasteiger partial charge < -0.3 is 25.2 Å². The summed E-state index contributed by atoms with van der Waals surface area (Å²) in [4.78, 5) is 37.6. The maximum absolute atomic E-state index is 13.1. The van der Waals surface area contributed by atoms with E-state index >= 15 is 0 Å². The minimum atomic E-state index is -1.31. The van der Waals surface area contributed by atoms with Crippen LogP contribution in [-0.2, 0) is 25.7 Å². The Morgan fingerprint density at radius 2 is 1.51 bits per heavy atom. The van der Waals surface area contributed by atoms with E-state index in [-0.39, 0.29) is 25.6 Å². The van der Waals surface area contributed by atoms with Crippen LogP contribution in [0, 0.1) is 12.3 Å². The van der Waals surface area contributed by atoms with E-state index in [0.29, 0.717) is 0 Å². The predicted octanol–water partition coefficient (Wildman–Crippen LogP) is 4.09. The molecule has 0 spiro atoms. The first-order chi connectivity index (χ1) is 18.9. The summed E-state index contributed by atoms with van der Waals surface area (Å²) in [5.41, 5.74) is 5.17. The number of fused-ring (bicyclic) bond motifs is 3. The third-order valence-electron chi connectivity index (χ3n) is 6.66. The van der Waals surface area contributed by atoms with Crippen molar-refractivity contribution in [3.8, 4) is 23.5 Å². The fourth-order valence-corrected chi connectivity index (χ4v) is 4.64. The van der Waals surface area contributed by atoms with Crippen molar-refractivity contribution in [3.05, 3.63) is 95.6 Å². The number of benzene rings is 3. The second kappa shape index (κ2) is 12.8. The van der Waals surface area contributed by atoms with Gasteiger partial charge in [0.1, 0.15) is 18.7 Å². The highest BCUT2D eigenvalue weighted by atomic mass is 16.5. The number of hydrogen-bond donors (Lipinski definition) is 3. The van der Waals surface area contributed by atoms with E-state index in [1.807, 2.05) is 78.9 Å². The molecule has 0 aliphatic heterocycles. The zero-order valence-electron chi connectivity index (χ0n) is 21.5. The van der Waals surface area contributed by atoms with Crippen LogP contribution in [0.15, 0.2) is 78.9 Å². The molecule has 0 saturated heterocycles. The van der Waals surface area contributed by atoms with Crippen LogP contribution in [0.3, 0.4) is 0 Å². The molecule has 3 aromatic rings. The second-order valence-corrected chi connectivity index (χ2v) is 9.26. The molecule has 1 aliphatic carbocycles. The van der Waals surface area contributed by atoms with Crippen LogP contribution in [-0.4, -0.2) is 47.9 Å². The molecule has 1 unspecified atom stereocenters. The van der Waals surface area contributed by atoms with Crippen molar-refractivity contribution in [1.82, 2.24) is 10.6 Å². The molecule has 2 amide bonds. The van der Waals surface area contributed by atoms with Crippen molar-refractivity contribution in [3.63, 3.8) is 0 Å². The number of aliphatic carboxylic acids is 1. The fraction of sp³-hybridized carbons (Fsp3) is 0.258. The van der Waals surface area contributed by atoms with Gasteiger partial charge >= 0.3 is 12.1 Å². The highest BCUT2D eigenvalue weighted by Crippen LogP contribution is 2.44. The Kier molecular flexibility index (Phi) is 8.97. The van der Waals surface area contributed by atoms with Crippen molar-refractivity contribution in [2.75, 3.05) is 6.61 Å². The molecule has 8 heteroatoms. The molecule has 0 saturated carbocycles. The quantitative estimate of drug-likeness (QED) is 0.324. The molecule has 0 aromatic heterocycles. The lowest BCUT2D eigenvalue weighted by atomic mass is 9.98. The maximum Gasteiger partial charge on any atom is 0.407 e. The minimum Gasteiger partial charge on any atom is -0.480 e. The fourth-order valence-electron chi connectivity index (χ4n) is 4.64. The van der Waals surface area contributed by atoms with Crippen LogP contribution in [0.25, 0.3) is 11.1 Å². The number of carboxylic acid groups (broad SMARTS) is 1. The van der Waals surface area contributed by atoms with Crippen molar-refractivity contribution in [2.24, 2.45) is 0 Å². The smallest absolute Gasteiger partial charge is 0.407 e. The van der Waals surface area contributed by atoms with Crippen molar-refractivity contribution in [1.29, 1.82) is 0 Å². The summed E-state index contributed by atoms with van der Waals surface area (Å²) in [6, 6.07) is 22.7. The number of terminal acetylenes is 1. The van der Waals surface area contributed by atoms with Gasteiger partial charge in [0.15, 0.2) is 0 Å². The topological polar surface area (TPSA) is 114 Å². The number of hydrogen-bond acceptors (Lipinski definition) is 5. The van der Waals surface area contributed by atoms with Gasteiger partial charge in [-0.2, -0.15) is 0 Å². The molecule has 3 aromatic carbocycles. The molecule has 0 heterocycles. The Morgan fingerprint density at radius 3 is 2.10 bits per heavy atom. The SMILES string of the molecule is C#CCC(NC(=O)[C@H](NC(=O)OCC1c2ccccc2-c2ccccc21)[C@H](C)OCc1ccccc1)C(=O)O. The average molecular weight is 527 g/mol. The summed E-state index contributed by atoms with van der Waals surface area (Å²) in [6.45, 7) is 1.86. The lowest BCUT2D eigenvalue weighted by Crippen LogP contribution is -2.56. The highest BCUT2D eigenvalue weighted by Gasteiger charge is 2.33. The van der Waals surface area contributed by atoms with Gasteiger partial charge in [-0.15, -0.1) is 12.3 Å². The standard InChI is InChI=1S/C31H30N2O6/c1-3-11-27(30(35)36)32-29(34)28(20(2)38-18-21-12-5-4-6-13-21)33-31(37)39-19-26-24-16-9-7-14-22(24)23-15-8-10-17-25(23)26/h1,4-10,12-17,20,26-28H,11,18-19H2,2H3,(H,32,34)(H,33,37)(H,35,36)/t20-,27?,28+/m0/s1. The van der Waals surface area contributed by atoms with Gasteiger partial charge in [0.05, 0.1) is 12.7 Å². The van der Waals surface area contributed by atoms with Gasteiger partial charge in [0, 0.05) is 12.3 Å². The van der Waals surface area contributed by atoms with E-state index in [1.54, 1.807) is 6.92 Å². The third-order valence-corrected chi connectivity index (χ3v) is 6.66. The van der Waals surface area contributed by atoms with Crippen LogP contribution in [0.5, 0.6) is 0 Å². The highest BCUT2D eigenvalue weighted by molar-refractivity contribution is 5.90. The number of nitrogens with one attached hydrogen (secondary N) is 2. The van der Waals surface area contributed by atoms with Gasteiger partial charge in [-0.05, 0) is 34.7 Å². The number of carboxylic acids is 1. The van der Waals surface area contributed by atoms with E-state index in [2.05, 4.69) is 16.6 Å². The van der Waals surface area contributed by atoms with Crippen LogP contribution < -0.4 is 10.6 Å². The Bertz CT molecular complexity index is 1320. The number of rotatable bonds is 11. The lowest BCUT2D eigenvalue weighted by Gasteiger charge is -2.26. The second-order valence-electron chi connectivity index (χ2n) is 9.26. The zero-order chi connectivity index (χ0) is 27.8. The molecule has 3 N–H and O–H groups in total. The van der Waals surface area contributed by atoms with Crippen LogP contribution in [0.1, 0.15) is 36.0 Å². The first kappa shape index (κ1) is 27.4. The summed E-state index contributed by atoms with van der Waals surface area (Å²) in [6.07, 6.45) is 3.41. The number of carbonyl (C=O) groups excluding carboxylic acids is 2. The Balaban J connectivity index is 1.46. The largest absolute Gasteiger partial charge is 0.480 e. The molecule has 1 aliphatic rings. The van der Waals surface area contributed by atoms with Crippen molar-refractivity contribution < 1.29 is 29.0 Å². The molecular formula is C31H30N2O6. The van der Waals surface area contributed by atoms with Crippen LogP contribution in [0.4, 0.5) is 4.79 Å². The number of amides is 2. The lowest BCUT2D eigenvalue weighted by molar-refractivity contribution is -0.142. The first-order valence-corrected chi connectivity index (χ1v) is 12.6. The van der Waals surface area contributed by atoms with E-state index < -0.39 is 36.2 Å². The number of ether oxygens (including phenoxy) is 2. The average Bonchev–Trinajstić information content (AvgIpc) is 3.27. The number of alkyl carbamates (subject to hydrolysis) is 1. The molecule has 8 nitrogen and oxygen atoms in total. The maximum atomic E-state index is 13.1. The van der Waals surface area contributed by atoms with Crippen molar-refractivity contribution >= 4 is 18.0 Å². The monoisotopic (exact) mass is 526 g/mol. The molecule has 0 bridgehead atoms. The Morgan fingerprint density at radius 1 is 0.923 bits per heavy atom. The molecule has 3 atom stereocenters. The van der Waals surface area contributed by atoms with Gasteiger partial charge in [-0.25, -0.2) is 9.59 Å². The zero-order valence-corrected chi connectivity index (χ0v) is 21.5. The Labute approximate surface area is 227 Å². The minimum absolute atomic E-state index is 0.0578. The third kappa shape index (κ3) is 6.64. The van der Waals surface area contributed by atoms with Crippen molar-refractivity contribution in [2.45, 2.75) is 44.1 Å². The molecule has 200 valence electrons. The summed E-state index contributed by atoms with van der Waals surface area (Å²) in [5.74, 6) is 0.0585. The Hall–Kier alpha value is -4.61. The molecule has 4 rings (SSSR count). The van der Waals surface area contributed by atoms with E-state index in [1.165, 1.54) is 0 Å². The van der Waals surface area contributed by atoms with Crippen LogP contribution in [0.2, 0.25) is 0 Å². The summed E-state index contributed by atoms with van der Waals surface area (Å²) >= 11 is 0. The summed E-state index contributed by atoms with van der Waals surface area (Å²) in [5, 5.41) is 14.4. The van der Waals surface area contributed by atoms with Gasteiger partial charge in [-0.1, -0.05) is 78.9 Å². The van der Waals surface area contributed by atoms with Gasteiger partial charge in [0.25, 0.3) is 0 Å². The van der Waals surface area contributed by atoms with Gasteiger partial charge in [-0.3, -0.25) is 4.79 Å². The summed E-state index contributed by atoms with van der Waals surface area (Å²) in [7, 11) is 0. The molecule has 0 fully saturated rings. The number of carbonyl (C=O) groups is 3. The summed E-state index contributed by atoms with van der Waals surface area (Å²) < 4.78 is 11.5. The van der Waals surface area contributed by atoms with E-state index in [4.69, 9.17) is 15.9 Å². The first-order valence-electron chi connectivity index (χ1n) is 12.6. The van der Waals surface area contributed by atoms with Crippen LogP contribution >= 0.6 is 0 Å². The van der Waals surface area contributed by atoms with E-state index in [0.717, 1.165) is 27.8 Å². The van der Waals surface area contributed by atoms with E-state index in [9.17, 15) is 19.5 Å². The molecule has 39 heavy (non-hydrogen) atoms. The predicted molar refractivity (Wildman–Crippen MR) is 146 cm³/mol. The van der Waals surface area contributed by atoms with Gasteiger partial charge in [0.2, 0.25) is 5.91 Å². The molecular weight excluding hydrogens is 496 g/mol. The molecule has 0 radical (unpaired) electrons. The normalized spacial score (nSPS) is 14.2.